The zero-order valence-corrected chi connectivity index (χ0v) is 14.4. The minimum Gasteiger partial charge on any atom is -0.354 e. The number of hydrogen-bond acceptors (Lipinski definition) is 4. The smallest absolute Gasteiger partial charge is 0.225 e. The summed E-state index contributed by atoms with van der Waals surface area (Å²) in [5, 5.41) is 3.37. The molecule has 2 aliphatic rings. The van der Waals surface area contributed by atoms with Gasteiger partial charge in [0.05, 0.1) is 0 Å². The quantitative estimate of drug-likeness (QED) is 0.864. The number of carbonyl (C=O) groups is 1. The highest BCUT2D eigenvalue weighted by molar-refractivity contribution is 7.17. The first-order valence-electron chi connectivity index (χ1n) is 8.58. The lowest BCUT2D eigenvalue weighted by atomic mass is 9.84. The van der Waals surface area contributed by atoms with Gasteiger partial charge in [-0.15, -0.1) is 11.3 Å². The van der Waals surface area contributed by atoms with E-state index in [1.165, 1.54) is 16.5 Å². The van der Waals surface area contributed by atoms with Crippen LogP contribution >= 0.6 is 11.3 Å². The van der Waals surface area contributed by atoms with E-state index in [0.717, 1.165) is 44.6 Å². The summed E-state index contributed by atoms with van der Waals surface area (Å²) in [6, 6.07) is 4.55. The zero-order chi connectivity index (χ0) is 15.8. The van der Waals surface area contributed by atoms with E-state index in [9.17, 15) is 4.79 Å². The Kier molecular flexibility index (Phi) is 3.97. The molecule has 0 radical (unpaired) electrons. The van der Waals surface area contributed by atoms with Crippen LogP contribution in [0.3, 0.4) is 0 Å². The van der Waals surface area contributed by atoms with Gasteiger partial charge in [0.15, 0.2) is 0 Å². The molecular weight excluding hydrogens is 306 g/mol. The highest BCUT2D eigenvalue weighted by atomic mass is 32.1. The van der Waals surface area contributed by atoms with Crippen LogP contribution in [0.4, 0.5) is 5.82 Å². The maximum atomic E-state index is 12.5. The fraction of sp³-hybridized carbons (Fsp3) is 0.556. The summed E-state index contributed by atoms with van der Waals surface area (Å²) in [7, 11) is 1.99. The van der Waals surface area contributed by atoms with E-state index >= 15 is 0 Å². The van der Waals surface area contributed by atoms with Gasteiger partial charge in [0.25, 0.3) is 0 Å². The summed E-state index contributed by atoms with van der Waals surface area (Å²) >= 11 is 1.76. The second-order valence-corrected chi connectivity index (χ2v) is 7.73. The maximum absolute atomic E-state index is 12.5. The molecule has 1 atom stereocenters. The Morgan fingerprint density at radius 2 is 2.17 bits per heavy atom. The monoisotopic (exact) mass is 329 g/mol. The highest BCUT2D eigenvalue weighted by Gasteiger charge is 2.33. The second-order valence-electron chi connectivity index (χ2n) is 6.79. The number of aromatic nitrogens is 1. The molecule has 2 fully saturated rings. The fourth-order valence-corrected chi connectivity index (χ4v) is 4.49. The molecule has 1 amide bonds. The molecular formula is C18H23N3OS. The van der Waals surface area contributed by atoms with Gasteiger partial charge < -0.3 is 9.80 Å². The van der Waals surface area contributed by atoms with Crippen molar-refractivity contribution in [2.45, 2.75) is 38.1 Å². The van der Waals surface area contributed by atoms with Crippen LogP contribution in [0.15, 0.2) is 23.7 Å². The second kappa shape index (κ2) is 6.11. The predicted octanol–water partition coefficient (Wildman–Crippen LogP) is 3.52. The standard InChI is InChI=1S/C18H23N3OS/c1-20(18(22)13-4-2-5-13)14-6-3-10-21(12-14)17-15-8-11-23-16(15)7-9-19-17/h7-9,11,13-14H,2-6,10,12H2,1H3. The topological polar surface area (TPSA) is 36.4 Å². The molecule has 3 heterocycles. The minimum absolute atomic E-state index is 0.286. The van der Waals surface area contributed by atoms with Crippen molar-refractivity contribution in [3.8, 4) is 0 Å². The van der Waals surface area contributed by atoms with E-state index in [1.807, 2.05) is 18.1 Å². The lowest BCUT2D eigenvalue weighted by molar-refractivity contribution is -0.139. The van der Waals surface area contributed by atoms with Crippen molar-refractivity contribution in [2.24, 2.45) is 5.92 Å². The Morgan fingerprint density at radius 3 is 2.96 bits per heavy atom. The molecule has 122 valence electrons. The molecule has 5 heteroatoms. The number of hydrogen-bond donors (Lipinski definition) is 0. The third-order valence-electron chi connectivity index (χ3n) is 5.40. The number of fused-ring (bicyclic) bond motifs is 1. The first kappa shape index (κ1) is 14.9. The number of thiophene rings is 1. The number of carbonyl (C=O) groups excluding carboxylic acids is 1. The molecule has 2 aromatic heterocycles. The van der Waals surface area contributed by atoms with Crippen LogP contribution in [0.2, 0.25) is 0 Å². The van der Waals surface area contributed by atoms with Crippen molar-refractivity contribution in [1.82, 2.24) is 9.88 Å². The van der Waals surface area contributed by atoms with Gasteiger partial charge in [-0.1, -0.05) is 6.42 Å². The molecule has 1 aliphatic carbocycles. The highest BCUT2D eigenvalue weighted by Crippen LogP contribution is 2.32. The van der Waals surface area contributed by atoms with E-state index in [1.54, 1.807) is 11.3 Å². The number of pyridine rings is 1. The van der Waals surface area contributed by atoms with Crippen molar-refractivity contribution in [3.05, 3.63) is 23.7 Å². The summed E-state index contributed by atoms with van der Waals surface area (Å²) < 4.78 is 1.29. The molecule has 2 aromatic rings. The molecule has 0 bridgehead atoms. The first-order valence-corrected chi connectivity index (χ1v) is 9.46. The summed E-state index contributed by atoms with van der Waals surface area (Å²) in [4.78, 5) is 21.6. The van der Waals surface area contributed by atoms with Gasteiger partial charge in [0.2, 0.25) is 5.91 Å². The molecule has 23 heavy (non-hydrogen) atoms. The molecule has 1 aliphatic heterocycles. The van der Waals surface area contributed by atoms with Gasteiger partial charge in [-0.05, 0) is 43.2 Å². The third kappa shape index (κ3) is 2.71. The average molecular weight is 329 g/mol. The van der Waals surface area contributed by atoms with Gasteiger partial charge in [-0.25, -0.2) is 4.98 Å². The van der Waals surface area contributed by atoms with Crippen LogP contribution in [-0.2, 0) is 4.79 Å². The van der Waals surface area contributed by atoms with E-state index in [0.29, 0.717) is 11.9 Å². The first-order chi connectivity index (χ1) is 11.2. The summed E-state index contributed by atoms with van der Waals surface area (Å²) in [6.45, 7) is 1.93. The molecule has 0 spiro atoms. The maximum Gasteiger partial charge on any atom is 0.225 e. The van der Waals surface area contributed by atoms with Gasteiger partial charge in [-0.2, -0.15) is 0 Å². The van der Waals surface area contributed by atoms with Crippen molar-refractivity contribution >= 4 is 33.1 Å². The molecule has 1 unspecified atom stereocenters. The Hall–Kier alpha value is -1.62. The Balaban J connectivity index is 1.52. The fourth-order valence-electron chi connectivity index (χ4n) is 3.72. The molecule has 4 rings (SSSR count). The lowest BCUT2D eigenvalue weighted by Gasteiger charge is -2.40. The molecule has 1 saturated carbocycles. The number of nitrogens with zero attached hydrogens (tertiary/aromatic N) is 3. The molecule has 0 N–H and O–H groups in total. The Morgan fingerprint density at radius 1 is 1.30 bits per heavy atom. The van der Waals surface area contributed by atoms with Crippen LogP contribution in [0.5, 0.6) is 0 Å². The normalized spacial score (nSPS) is 22.1. The van der Waals surface area contributed by atoms with E-state index in [-0.39, 0.29) is 5.92 Å². The van der Waals surface area contributed by atoms with Crippen LogP contribution in [0, 0.1) is 5.92 Å². The Labute approximate surface area is 141 Å². The number of likely N-dealkylation sites (N-methyl/N-ethyl adjacent to an activating group) is 1. The van der Waals surface area contributed by atoms with Crippen molar-refractivity contribution < 1.29 is 4.79 Å². The van der Waals surface area contributed by atoms with Crippen molar-refractivity contribution in [3.63, 3.8) is 0 Å². The van der Waals surface area contributed by atoms with Gasteiger partial charge in [-0.3, -0.25) is 4.79 Å². The van der Waals surface area contributed by atoms with E-state index in [2.05, 4.69) is 27.4 Å². The SMILES string of the molecule is CN(C(=O)C1CCC1)C1CCCN(c2nccc3sccc23)C1. The number of amides is 1. The summed E-state index contributed by atoms with van der Waals surface area (Å²) in [5.74, 6) is 1.72. The molecule has 4 nitrogen and oxygen atoms in total. The van der Waals surface area contributed by atoms with Crippen LogP contribution in [0.25, 0.3) is 10.1 Å². The summed E-state index contributed by atoms with van der Waals surface area (Å²) in [6.07, 6.45) is 7.50. The zero-order valence-electron chi connectivity index (χ0n) is 13.6. The number of piperidine rings is 1. The molecule has 0 aromatic carbocycles. The van der Waals surface area contributed by atoms with Crippen LogP contribution < -0.4 is 4.90 Å². The number of rotatable bonds is 3. The van der Waals surface area contributed by atoms with Crippen LogP contribution in [0.1, 0.15) is 32.1 Å². The lowest BCUT2D eigenvalue weighted by Crippen LogP contribution is -2.51. The van der Waals surface area contributed by atoms with Crippen LogP contribution in [-0.4, -0.2) is 42.0 Å². The van der Waals surface area contributed by atoms with Crippen molar-refractivity contribution in [2.75, 3.05) is 25.0 Å². The molecule has 1 saturated heterocycles. The predicted molar refractivity (Wildman–Crippen MR) is 95.0 cm³/mol. The Bertz CT molecular complexity index is 709. The van der Waals surface area contributed by atoms with Gasteiger partial charge in [0, 0.05) is 48.4 Å². The third-order valence-corrected chi connectivity index (χ3v) is 6.29. The minimum atomic E-state index is 0.286. The van der Waals surface area contributed by atoms with Gasteiger partial charge >= 0.3 is 0 Å². The number of anilines is 1. The van der Waals surface area contributed by atoms with Gasteiger partial charge in [0.1, 0.15) is 5.82 Å². The largest absolute Gasteiger partial charge is 0.354 e. The van der Waals surface area contributed by atoms with E-state index < -0.39 is 0 Å². The summed E-state index contributed by atoms with van der Waals surface area (Å²) in [5.41, 5.74) is 0. The van der Waals surface area contributed by atoms with E-state index in [4.69, 9.17) is 0 Å². The average Bonchev–Trinajstić information content (AvgIpc) is 3.01. The van der Waals surface area contributed by atoms with Crippen molar-refractivity contribution in [1.29, 1.82) is 0 Å².